The lowest BCUT2D eigenvalue weighted by molar-refractivity contribution is 0.487. The summed E-state index contributed by atoms with van der Waals surface area (Å²) in [4.78, 5) is 5.84. The highest BCUT2D eigenvalue weighted by Gasteiger charge is 2.11. The van der Waals surface area contributed by atoms with Gasteiger partial charge in [-0.25, -0.2) is 4.98 Å². The van der Waals surface area contributed by atoms with Crippen LogP contribution in [0.1, 0.15) is 4.88 Å². The van der Waals surface area contributed by atoms with E-state index in [0.717, 1.165) is 18.5 Å². The number of benzene rings is 1. The van der Waals surface area contributed by atoms with Gasteiger partial charge in [0.1, 0.15) is 0 Å². The van der Waals surface area contributed by atoms with E-state index in [2.05, 4.69) is 61.1 Å². The van der Waals surface area contributed by atoms with Crippen LogP contribution < -0.4 is 5.32 Å². The van der Waals surface area contributed by atoms with E-state index in [1.165, 1.54) is 14.2 Å². The summed E-state index contributed by atoms with van der Waals surface area (Å²) in [5.41, 5.74) is 2.25. The van der Waals surface area contributed by atoms with E-state index in [4.69, 9.17) is 0 Å². The van der Waals surface area contributed by atoms with Crippen molar-refractivity contribution in [3.63, 3.8) is 0 Å². The average molecular weight is 350 g/mol. The third-order valence-electron chi connectivity index (χ3n) is 3.43. The largest absolute Gasteiger partial charge is 0.329 e. The van der Waals surface area contributed by atoms with Gasteiger partial charge in [-0.2, -0.15) is 0 Å². The van der Waals surface area contributed by atoms with Crippen LogP contribution in [0.2, 0.25) is 0 Å². The molecule has 20 heavy (non-hydrogen) atoms. The van der Waals surface area contributed by atoms with Crippen LogP contribution in [0.3, 0.4) is 0 Å². The Balaban J connectivity index is 1.77. The number of likely N-dealkylation sites (N-methyl/N-ethyl adjacent to an activating group) is 1. The maximum absolute atomic E-state index is 4.45. The summed E-state index contributed by atoms with van der Waals surface area (Å²) in [6.45, 7) is 0.923. The zero-order valence-electron chi connectivity index (χ0n) is 11.2. The molecule has 1 unspecified atom stereocenters. The number of thiophene rings is 1. The highest BCUT2D eigenvalue weighted by molar-refractivity contribution is 9.11. The van der Waals surface area contributed by atoms with Crippen LogP contribution in [-0.2, 0) is 13.0 Å². The zero-order chi connectivity index (χ0) is 13.9. The van der Waals surface area contributed by atoms with Crippen LogP contribution in [-0.4, -0.2) is 22.6 Å². The number of halogens is 1. The summed E-state index contributed by atoms with van der Waals surface area (Å²) in [6, 6.07) is 13.0. The van der Waals surface area contributed by atoms with Gasteiger partial charge >= 0.3 is 0 Å². The normalized spacial score (nSPS) is 12.9. The van der Waals surface area contributed by atoms with Gasteiger partial charge in [-0.3, -0.25) is 0 Å². The van der Waals surface area contributed by atoms with Gasteiger partial charge in [0.25, 0.3) is 0 Å². The molecule has 0 radical (unpaired) electrons. The van der Waals surface area contributed by atoms with E-state index in [1.807, 2.05) is 19.4 Å². The van der Waals surface area contributed by atoms with Gasteiger partial charge in [-0.05, 0) is 53.7 Å². The van der Waals surface area contributed by atoms with Crippen molar-refractivity contribution in [1.29, 1.82) is 0 Å². The lowest BCUT2D eigenvalue weighted by Gasteiger charge is -2.16. The predicted octanol–water partition coefficient (Wildman–Crippen LogP) is 3.69. The number of imidazole rings is 1. The fraction of sp³-hybridized carbons (Fsp3) is 0.267. The third-order valence-corrected chi connectivity index (χ3v) is 5.08. The second-order valence-corrected chi connectivity index (χ2v) is 7.33. The van der Waals surface area contributed by atoms with Crippen molar-refractivity contribution in [1.82, 2.24) is 14.9 Å². The molecule has 0 amide bonds. The van der Waals surface area contributed by atoms with Crippen LogP contribution >= 0.6 is 27.3 Å². The van der Waals surface area contributed by atoms with E-state index < -0.39 is 0 Å². The van der Waals surface area contributed by atoms with E-state index in [1.54, 1.807) is 11.3 Å². The molecule has 0 fully saturated rings. The van der Waals surface area contributed by atoms with Gasteiger partial charge in [-0.15, -0.1) is 11.3 Å². The predicted molar refractivity (Wildman–Crippen MR) is 88.3 cm³/mol. The summed E-state index contributed by atoms with van der Waals surface area (Å²) in [7, 11) is 2.02. The molecule has 0 aliphatic heterocycles. The van der Waals surface area contributed by atoms with Crippen LogP contribution in [0, 0.1) is 0 Å². The minimum Gasteiger partial charge on any atom is -0.329 e. The number of hydrogen-bond donors (Lipinski definition) is 1. The van der Waals surface area contributed by atoms with Crippen molar-refractivity contribution in [2.75, 3.05) is 7.05 Å². The third kappa shape index (κ3) is 2.95. The number of nitrogens with one attached hydrogen (secondary N) is 1. The van der Waals surface area contributed by atoms with Gasteiger partial charge in [0, 0.05) is 17.5 Å². The van der Waals surface area contributed by atoms with Crippen LogP contribution in [0.25, 0.3) is 11.0 Å². The summed E-state index contributed by atoms with van der Waals surface area (Å²) < 4.78 is 3.41. The maximum Gasteiger partial charge on any atom is 0.0958 e. The molecular formula is C15H16BrN3S. The lowest BCUT2D eigenvalue weighted by atomic mass is 10.2. The van der Waals surface area contributed by atoms with Gasteiger partial charge in [0.05, 0.1) is 21.1 Å². The maximum atomic E-state index is 4.45. The first kappa shape index (κ1) is 13.8. The molecule has 3 rings (SSSR count). The first-order valence-electron chi connectivity index (χ1n) is 6.57. The molecule has 0 saturated carbocycles. The topological polar surface area (TPSA) is 29.9 Å². The average Bonchev–Trinajstić information content (AvgIpc) is 3.05. The fourth-order valence-electron chi connectivity index (χ4n) is 2.36. The van der Waals surface area contributed by atoms with Crippen molar-refractivity contribution in [3.8, 4) is 0 Å². The van der Waals surface area contributed by atoms with Gasteiger partial charge in [0.2, 0.25) is 0 Å². The lowest BCUT2D eigenvalue weighted by Crippen LogP contribution is -2.31. The molecule has 5 heteroatoms. The highest BCUT2D eigenvalue weighted by atomic mass is 79.9. The molecule has 0 aliphatic rings. The number of rotatable bonds is 5. The molecule has 0 bridgehead atoms. The Bertz CT molecular complexity index is 704. The van der Waals surface area contributed by atoms with Crippen LogP contribution in [0.4, 0.5) is 0 Å². The van der Waals surface area contributed by atoms with Crippen molar-refractivity contribution in [3.05, 3.63) is 51.4 Å². The SMILES string of the molecule is CNC(Cc1ccc(Br)s1)Cn1cnc2ccccc21. The van der Waals surface area contributed by atoms with Gasteiger partial charge in [-0.1, -0.05) is 12.1 Å². The summed E-state index contributed by atoms with van der Waals surface area (Å²) in [6.07, 6.45) is 2.96. The molecule has 3 nitrogen and oxygen atoms in total. The Labute approximate surface area is 130 Å². The number of aromatic nitrogens is 2. The Morgan fingerprint density at radius 2 is 2.15 bits per heavy atom. The van der Waals surface area contributed by atoms with Gasteiger partial charge < -0.3 is 9.88 Å². The zero-order valence-corrected chi connectivity index (χ0v) is 13.6. The second-order valence-electron chi connectivity index (χ2n) is 4.78. The number of hydrogen-bond acceptors (Lipinski definition) is 3. The van der Waals surface area contributed by atoms with Crippen molar-refractivity contribution in [2.24, 2.45) is 0 Å². The van der Waals surface area contributed by atoms with E-state index in [9.17, 15) is 0 Å². The molecule has 0 saturated heterocycles. The summed E-state index contributed by atoms with van der Waals surface area (Å²) in [5, 5.41) is 3.41. The first-order chi connectivity index (χ1) is 9.76. The minimum atomic E-state index is 0.401. The Kier molecular flexibility index (Phi) is 4.19. The summed E-state index contributed by atoms with van der Waals surface area (Å²) >= 11 is 5.32. The molecule has 0 aliphatic carbocycles. The molecule has 3 aromatic rings. The smallest absolute Gasteiger partial charge is 0.0958 e. The van der Waals surface area contributed by atoms with Crippen molar-refractivity contribution >= 4 is 38.3 Å². The van der Waals surface area contributed by atoms with Crippen LogP contribution in [0.5, 0.6) is 0 Å². The number of nitrogens with zero attached hydrogens (tertiary/aromatic N) is 2. The molecule has 2 aromatic heterocycles. The van der Waals surface area contributed by atoms with E-state index >= 15 is 0 Å². The molecule has 104 valence electrons. The molecule has 2 heterocycles. The van der Waals surface area contributed by atoms with Crippen molar-refractivity contribution in [2.45, 2.75) is 19.0 Å². The van der Waals surface area contributed by atoms with E-state index in [-0.39, 0.29) is 0 Å². The Morgan fingerprint density at radius 3 is 2.90 bits per heavy atom. The van der Waals surface area contributed by atoms with Crippen molar-refractivity contribution < 1.29 is 0 Å². The number of para-hydroxylation sites is 2. The molecule has 1 atom stereocenters. The first-order valence-corrected chi connectivity index (χ1v) is 8.18. The standard InChI is InChI=1S/C15H16BrN3S/c1-17-11(8-12-6-7-15(16)20-12)9-19-10-18-13-4-2-3-5-14(13)19/h2-7,10-11,17H,8-9H2,1H3. The monoisotopic (exact) mass is 349 g/mol. The molecular weight excluding hydrogens is 334 g/mol. The Hall–Kier alpha value is -1.17. The fourth-order valence-corrected chi connectivity index (χ4v) is 3.92. The van der Waals surface area contributed by atoms with Crippen LogP contribution in [0.15, 0.2) is 46.5 Å². The minimum absolute atomic E-state index is 0.401. The number of fused-ring (bicyclic) bond motifs is 1. The molecule has 1 aromatic carbocycles. The molecule has 1 N–H and O–H groups in total. The van der Waals surface area contributed by atoms with Gasteiger partial charge in [0.15, 0.2) is 0 Å². The molecule has 0 spiro atoms. The Morgan fingerprint density at radius 1 is 1.30 bits per heavy atom. The second kappa shape index (κ2) is 6.08. The highest BCUT2D eigenvalue weighted by Crippen LogP contribution is 2.23. The quantitative estimate of drug-likeness (QED) is 0.761. The summed E-state index contributed by atoms with van der Waals surface area (Å²) in [5.74, 6) is 0. The van der Waals surface area contributed by atoms with E-state index in [0.29, 0.717) is 6.04 Å².